The van der Waals surface area contributed by atoms with Gasteiger partial charge >= 0.3 is 0 Å². The molecule has 3 nitrogen and oxygen atoms in total. The number of thiophene rings is 1. The van der Waals surface area contributed by atoms with E-state index in [1.165, 1.54) is 24.2 Å². The first kappa shape index (κ1) is 11.6. The van der Waals surface area contributed by atoms with Crippen molar-refractivity contribution < 1.29 is 0 Å². The molecule has 1 saturated carbocycles. The lowest BCUT2D eigenvalue weighted by molar-refractivity contribution is 0.915. The maximum Gasteiger partial charge on any atom is 0.133 e. The van der Waals surface area contributed by atoms with Crippen LogP contribution in [0.3, 0.4) is 0 Å². The number of rotatable bonds is 2. The third kappa shape index (κ3) is 1.98. The zero-order valence-electron chi connectivity index (χ0n) is 9.86. The molecular formula is C13H11N3S2. The molecule has 1 aliphatic rings. The summed E-state index contributed by atoms with van der Waals surface area (Å²) >= 11 is 6.80. The topological polar surface area (TPSA) is 52.5 Å². The van der Waals surface area contributed by atoms with E-state index in [1.807, 2.05) is 19.1 Å². The highest BCUT2D eigenvalue weighted by atomic mass is 32.1. The van der Waals surface area contributed by atoms with Gasteiger partial charge in [0, 0.05) is 11.5 Å². The summed E-state index contributed by atoms with van der Waals surface area (Å²) in [6.07, 6.45) is 2.38. The highest BCUT2D eigenvalue weighted by molar-refractivity contribution is 7.71. The first-order valence-corrected chi connectivity index (χ1v) is 7.02. The standard InChI is InChI=1S/C13H11N3S2/c1-7-11(10-5-4-9(6-14)18-10)15-12(8-2-3-8)16-13(7)17/h4-5,8H,2-3H2,1H3,(H,15,16,17). The molecule has 1 aliphatic carbocycles. The molecule has 0 aliphatic heterocycles. The largest absolute Gasteiger partial charge is 0.342 e. The van der Waals surface area contributed by atoms with Crippen molar-refractivity contribution in [2.75, 3.05) is 0 Å². The molecule has 3 rings (SSSR count). The summed E-state index contributed by atoms with van der Waals surface area (Å²) in [4.78, 5) is 9.61. The van der Waals surface area contributed by atoms with Crippen molar-refractivity contribution in [3.8, 4) is 16.6 Å². The number of H-pyrrole nitrogens is 1. The zero-order chi connectivity index (χ0) is 12.7. The third-order valence-corrected chi connectivity index (χ3v) is 4.50. The molecular weight excluding hydrogens is 262 g/mol. The van der Waals surface area contributed by atoms with Gasteiger partial charge in [0.15, 0.2) is 0 Å². The molecule has 5 heteroatoms. The maximum absolute atomic E-state index is 8.89. The lowest BCUT2D eigenvalue weighted by Gasteiger charge is -2.07. The van der Waals surface area contributed by atoms with E-state index in [9.17, 15) is 0 Å². The van der Waals surface area contributed by atoms with Crippen LogP contribution >= 0.6 is 23.6 Å². The fourth-order valence-corrected chi connectivity index (χ4v) is 2.94. The first-order chi connectivity index (χ1) is 8.69. The van der Waals surface area contributed by atoms with Crippen molar-refractivity contribution in [2.24, 2.45) is 0 Å². The molecule has 0 aromatic carbocycles. The van der Waals surface area contributed by atoms with Crippen LogP contribution in [-0.4, -0.2) is 9.97 Å². The van der Waals surface area contributed by atoms with E-state index in [-0.39, 0.29) is 0 Å². The van der Waals surface area contributed by atoms with Crippen LogP contribution in [0.25, 0.3) is 10.6 Å². The molecule has 0 amide bonds. The highest BCUT2D eigenvalue weighted by Crippen LogP contribution is 2.39. The normalized spacial score (nSPS) is 14.4. The van der Waals surface area contributed by atoms with E-state index >= 15 is 0 Å². The monoisotopic (exact) mass is 273 g/mol. The van der Waals surface area contributed by atoms with Gasteiger partial charge in [-0.1, -0.05) is 12.2 Å². The molecule has 1 fully saturated rings. The maximum atomic E-state index is 8.89. The Bertz CT molecular complexity index is 702. The Morgan fingerprint density at radius 1 is 1.50 bits per heavy atom. The van der Waals surface area contributed by atoms with Gasteiger partial charge in [0.1, 0.15) is 21.4 Å². The van der Waals surface area contributed by atoms with Crippen LogP contribution in [0, 0.1) is 22.9 Å². The molecule has 2 aromatic heterocycles. The molecule has 0 atom stereocenters. The van der Waals surface area contributed by atoms with Gasteiger partial charge in [0.25, 0.3) is 0 Å². The molecule has 0 saturated heterocycles. The summed E-state index contributed by atoms with van der Waals surface area (Å²) in [5.74, 6) is 1.54. The molecule has 0 spiro atoms. The third-order valence-electron chi connectivity index (χ3n) is 3.10. The quantitative estimate of drug-likeness (QED) is 0.844. The van der Waals surface area contributed by atoms with Crippen LogP contribution in [0.5, 0.6) is 0 Å². The lowest BCUT2D eigenvalue weighted by atomic mass is 10.2. The predicted molar refractivity (Wildman–Crippen MR) is 74.2 cm³/mol. The number of nitriles is 1. The number of hydrogen-bond acceptors (Lipinski definition) is 4. The Kier molecular flexibility index (Phi) is 2.77. The molecule has 90 valence electrons. The average molecular weight is 273 g/mol. The van der Waals surface area contributed by atoms with E-state index in [1.54, 1.807) is 0 Å². The molecule has 2 heterocycles. The van der Waals surface area contributed by atoms with E-state index < -0.39 is 0 Å². The number of aromatic amines is 1. The van der Waals surface area contributed by atoms with Crippen molar-refractivity contribution in [2.45, 2.75) is 25.7 Å². The fourth-order valence-electron chi connectivity index (χ4n) is 1.88. The SMILES string of the molecule is Cc1c(-c2ccc(C#N)s2)[nH]c(C2CC2)nc1=S. The average Bonchev–Trinajstić information content (AvgIpc) is 3.11. The van der Waals surface area contributed by atoms with E-state index in [2.05, 4.69) is 16.0 Å². The minimum absolute atomic E-state index is 0.543. The Hall–Kier alpha value is -1.51. The van der Waals surface area contributed by atoms with Gasteiger partial charge in [-0.15, -0.1) is 11.3 Å². The van der Waals surface area contributed by atoms with Crippen LogP contribution in [-0.2, 0) is 0 Å². The fraction of sp³-hybridized carbons (Fsp3) is 0.308. The van der Waals surface area contributed by atoms with Crippen LogP contribution in [0.1, 0.15) is 35.0 Å². The van der Waals surface area contributed by atoms with Crippen molar-refractivity contribution in [3.63, 3.8) is 0 Å². The summed E-state index contributed by atoms with van der Waals surface area (Å²) in [5, 5.41) is 8.89. The van der Waals surface area contributed by atoms with Gasteiger partial charge in [-0.05, 0) is 31.9 Å². The number of hydrogen-bond donors (Lipinski definition) is 1. The van der Waals surface area contributed by atoms with Crippen molar-refractivity contribution >= 4 is 23.6 Å². The van der Waals surface area contributed by atoms with E-state index in [0.717, 1.165) is 22.0 Å². The van der Waals surface area contributed by atoms with E-state index in [0.29, 0.717) is 15.4 Å². The van der Waals surface area contributed by atoms with E-state index in [4.69, 9.17) is 17.5 Å². The molecule has 0 bridgehead atoms. The van der Waals surface area contributed by atoms with Gasteiger partial charge < -0.3 is 4.98 Å². The van der Waals surface area contributed by atoms with Gasteiger partial charge in [-0.3, -0.25) is 0 Å². The minimum Gasteiger partial charge on any atom is -0.342 e. The Labute approximate surface area is 114 Å². The number of nitrogens with one attached hydrogen (secondary N) is 1. The Morgan fingerprint density at radius 3 is 2.89 bits per heavy atom. The molecule has 18 heavy (non-hydrogen) atoms. The van der Waals surface area contributed by atoms with Crippen molar-refractivity contribution in [1.82, 2.24) is 9.97 Å². The summed E-state index contributed by atoms with van der Waals surface area (Å²) in [5.41, 5.74) is 2.00. The molecule has 2 aromatic rings. The smallest absolute Gasteiger partial charge is 0.133 e. The second-order valence-corrected chi connectivity index (χ2v) is 5.95. The zero-order valence-corrected chi connectivity index (χ0v) is 11.5. The Morgan fingerprint density at radius 2 is 2.28 bits per heavy atom. The second kappa shape index (κ2) is 4.30. The van der Waals surface area contributed by atoms with Gasteiger partial charge in [-0.2, -0.15) is 5.26 Å². The summed E-state index contributed by atoms with van der Waals surface area (Å²) < 4.78 is 0.664. The lowest BCUT2D eigenvalue weighted by Crippen LogP contribution is -1.98. The van der Waals surface area contributed by atoms with Crippen molar-refractivity contribution in [1.29, 1.82) is 5.26 Å². The summed E-state index contributed by atoms with van der Waals surface area (Å²) in [6.45, 7) is 1.98. The van der Waals surface area contributed by atoms with Crippen molar-refractivity contribution in [3.05, 3.63) is 33.0 Å². The Balaban J connectivity index is 2.15. The molecule has 0 radical (unpaired) electrons. The van der Waals surface area contributed by atoms with Crippen LogP contribution in [0.15, 0.2) is 12.1 Å². The second-order valence-electron chi connectivity index (χ2n) is 4.48. The summed E-state index contributed by atoms with van der Waals surface area (Å²) in [7, 11) is 0. The first-order valence-electron chi connectivity index (χ1n) is 5.80. The van der Waals surface area contributed by atoms with Crippen LogP contribution < -0.4 is 0 Å². The number of aromatic nitrogens is 2. The minimum atomic E-state index is 0.543. The van der Waals surface area contributed by atoms with Gasteiger partial charge in [0.05, 0.1) is 10.6 Å². The predicted octanol–water partition coefficient (Wildman–Crippen LogP) is 3.93. The molecule has 0 unspecified atom stereocenters. The number of nitrogens with zero attached hydrogens (tertiary/aromatic N) is 2. The van der Waals surface area contributed by atoms with Crippen LogP contribution in [0.4, 0.5) is 0 Å². The van der Waals surface area contributed by atoms with Gasteiger partial charge in [-0.25, -0.2) is 4.98 Å². The highest BCUT2D eigenvalue weighted by Gasteiger charge is 2.26. The van der Waals surface area contributed by atoms with Crippen LogP contribution in [0.2, 0.25) is 0 Å². The molecule has 1 N–H and O–H groups in total. The summed E-state index contributed by atoms with van der Waals surface area (Å²) in [6, 6.07) is 5.97. The van der Waals surface area contributed by atoms with Gasteiger partial charge in [0.2, 0.25) is 0 Å².